The molecule has 0 saturated heterocycles. The lowest BCUT2D eigenvalue weighted by molar-refractivity contribution is -0.122. The molecule has 2 aromatic heterocycles. The third-order valence-electron chi connectivity index (χ3n) is 6.25. The third-order valence-corrected chi connectivity index (χ3v) is 6.25. The fourth-order valence-corrected chi connectivity index (χ4v) is 4.56. The summed E-state index contributed by atoms with van der Waals surface area (Å²) in [6, 6.07) is 19.9. The molecule has 0 unspecified atom stereocenters. The van der Waals surface area contributed by atoms with Gasteiger partial charge in [0.1, 0.15) is 6.54 Å². The first kappa shape index (κ1) is 21.1. The zero-order chi connectivity index (χ0) is 22.8. The molecule has 2 aromatic carbocycles. The standard InChI is InChI=1S/C26H27N5O2/c1-18(15-16-19-9-4-2-5-10-19)27-23(32)17-30-22-14-8-13-21(22)25(33)31-26(30)28-24(29-31)20-11-6-3-7-12-20/h2-7,9-12,18H,8,13-17H2,1H3,(H,27,32)/t18-/m0/s1. The first-order valence-electron chi connectivity index (χ1n) is 11.5. The summed E-state index contributed by atoms with van der Waals surface area (Å²) in [5.41, 5.74) is 3.63. The van der Waals surface area contributed by atoms with E-state index in [9.17, 15) is 9.59 Å². The molecule has 0 radical (unpaired) electrons. The van der Waals surface area contributed by atoms with Crippen LogP contribution in [0.2, 0.25) is 0 Å². The Morgan fingerprint density at radius 2 is 1.79 bits per heavy atom. The predicted octanol–water partition coefficient (Wildman–Crippen LogP) is 3.18. The predicted molar refractivity (Wildman–Crippen MR) is 127 cm³/mol. The van der Waals surface area contributed by atoms with Gasteiger partial charge < -0.3 is 9.88 Å². The molecule has 0 fully saturated rings. The van der Waals surface area contributed by atoms with E-state index in [1.807, 2.05) is 60.0 Å². The van der Waals surface area contributed by atoms with Crippen LogP contribution >= 0.6 is 0 Å². The molecular formula is C26H27N5O2. The summed E-state index contributed by atoms with van der Waals surface area (Å²) in [5.74, 6) is 0.827. The second kappa shape index (κ2) is 9.02. The maximum absolute atomic E-state index is 13.0. The Bertz CT molecular complexity index is 1340. The minimum Gasteiger partial charge on any atom is -0.352 e. The summed E-state index contributed by atoms with van der Waals surface area (Å²) in [6.07, 6.45) is 4.14. The van der Waals surface area contributed by atoms with Gasteiger partial charge in [-0.15, -0.1) is 5.10 Å². The molecule has 0 bridgehead atoms. The lowest BCUT2D eigenvalue weighted by Crippen LogP contribution is -2.37. The first-order valence-corrected chi connectivity index (χ1v) is 11.5. The number of amides is 1. The average Bonchev–Trinajstić information content (AvgIpc) is 3.50. The van der Waals surface area contributed by atoms with Crippen LogP contribution in [-0.2, 0) is 30.6 Å². The fraction of sp³-hybridized carbons (Fsp3) is 0.308. The summed E-state index contributed by atoms with van der Waals surface area (Å²) < 4.78 is 3.24. The van der Waals surface area contributed by atoms with Gasteiger partial charge in [-0.2, -0.15) is 9.50 Å². The number of rotatable bonds is 7. The average molecular weight is 442 g/mol. The molecule has 4 aromatic rings. The molecule has 5 rings (SSSR count). The normalized spacial score (nSPS) is 13.7. The van der Waals surface area contributed by atoms with Gasteiger partial charge in [0.15, 0.2) is 5.82 Å². The van der Waals surface area contributed by atoms with E-state index in [0.717, 1.165) is 42.5 Å². The Labute approximate surface area is 192 Å². The smallest absolute Gasteiger partial charge is 0.279 e. The lowest BCUT2D eigenvalue weighted by Gasteiger charge is -2.17. The number of carbonyl (C=O) groups is 1. The van der Waals surface area contributed by atoms with Crippen LogP contribution in [-0.4, -0.2) is 31.1 Å². The highest BCUT2D eigenvalue weighted by molar-refractivity contribution is 5.77. The van der Waals surface area contributed by atoms with E-state index in [0.29, 0.717) is 18.0 Å². The van der Waals surface area contributed by atoms with Crippen molar-refractivity contribution in [2.24, 2.45) is 0 Å². The number of aryl methyl sites for hydroxylation is 1. The molecule has 0 spiro atoms. The van der Waals surface area contributed by atoms with Crippen molar-refractivity contribution in [3.63, 3.8) is 0 Å². The van der Waals surface area contributed by atoms with E-state index >= 15 is 0 Å². The summed E-state index contributed by atoms with van der Waals surface area (Å²) in [5, 5.41) is 7.60. The summed E-state index contributed by atoms with van der Waals surface area (Å²) in [6.45, 7) is 2.14. The van der Waals surface area contributed by atoms with Gasteiger partial charge in [-0.3, -0.25) is 9.59 Å². The Balaban J connectivity index is 1.40. The number of hydrogen-bond acceptors (Lipinski definition) is 4. The zero-order valence-electron chi connectivity index (χ0n) is 18.7. The second-order valence-electron chi connectivity index (χ2n) is 8.68. The number of nitrogens with zero attached hydrogens (tertiary/aromatic N) is 4. The van der Waals surface area contributed by atoms with Crippen LogP contribution in [0.25, 0.3) is 17.2 Å². The van der Waals surface area contributed by atoms with E-state index in [1.165, 1.54) is 10.1 Å². The van der Waals surface area contributed by atoms with Crippen molar-refractivity contribution in [2.45, 2.75) is 51.6 Å². The van der Waals surface area contributed by atoms with E-state index in [1.54, 1.807) is 0 Å². The van der Waals surface area contributed by atoms with E-state index < -0.39 is 0 Å². The third kappa shape index (κ3) is 4.31. The molecule has 1 aliphatic rings. The summed E-state index contributed by atoms with van der Waals surface area (Å²) in [4.78, 5) is 30.7. The fourth-order valence-electron chi connectivity index (χ4n) is 4.56. The van der Waals surface area contributed by atoms with Crippen molar-refractivity contribution in [3.05, 3.63) is 87.8 Å². The molecule has 33 heavy (non-hydrogen) atoms. The minimum atomic E-state index is -0.125. The highest BCUT2D eigenvalue weighted by Gasteiger charge is 2.25. The van der Waals surface area contributed by atoms with E-state index in [4.69, 9.17) is 0 Å². The van der Waals surface area contributed by atoms with Crippen molar-refractivity contribution >= 4 is 11.7 Å². The summed E-state index contributed by atoms with van der Waals surface area (Å²) >= 11 is 0. The van der Waals surface area contributed by atoms with Crippen LogP contribution in [0.1, 0.15) is 36.6 Å². The molecule has 0 aliphatic heterocycles. The van der Waals surface area contributed by atoms with Crippen LogP contribution < -0.4 is 10.9 Å². The Kier molecular flexibility index (Phi) is 5.77. The van der Waals surface area contributed by atoms with Crippen LogP contribution in [0, 0.1) is 0 Å². The highest BCUT2D eigenvalue weighted by Crippen LogP contribution is 2.22. The van der Waals surface area contributed by atoms with Crippen LogP contribution in [0.4, 0.5) is 0 Å². The number of hydrogen-bond donors (Lipinski definition) is 1. The number of nitrogens with one attached hydrogen (secondary N) is 1. The molecule has 1 N–H and O–H groups in total. The van der Waals surface area contributed by atoms with Crippen molar-refractivity contribution in [1.29, 1.82) is 0 Å². The monoisotopic (exact) mass is 441 g/mol. The lowest BCUT2D eigenvalue weighted by atomic mass is 10.1. The van der Waals surface area contributed by atoms with Gasteiger partial charge in [-0.05, 0) is 44.6 Å². The molecule has 2 heterocycles. The molecular weight excluding hydrogens is 414 g/mol. The maximum Gasteiger partial charge on any atom is 0.279 e. The Morgan fingerprint density at radius 1 is 1.06 bits per heavy atom. The molecule has 1 aliphatic carbocycles. The number of aromatic nitrogens is 4. The molecule has 1 atom stereocenters. The van der Waals surface area contributed by atoms with Crippen molar-refractivity contribution in [2.75, 3.05) is 0 Å². The van der Waals surface area contributed by atoms with Gasteiger partial charge in [0.2, 0.25) is 11.7 Å². The SMILES string of the molecule is C[C@@H](CCc1ccccc1)NC(=O)Cn1c2c(c(=O)n3nc(-c4ccccc4)nc13)CCC2. The van der Waals surface area contributed by atoms with Gasteiger partial charge >= 0.3 is 0 Å². The Morgan fingerprint density at radius 3 is 2.55 bits per heavy atom. The van der Waals surface area contributed by atoms with Crippen molar-refractivity contribution in [3.8, 4) is 11.4 Å². The molecule has 7 heteroatoms. The Hall–Kier alpha value is -3.74. The van der Waals surface area contributed by atoms with E-state index in [2.05, 4.69) is 27.5 Å². The van der Waals surface area contributed by atoms with Crippen molar-refractivity contribution < 1.29 is 4.79 Å². The van der Waals surface area contributed by atoms with Crippen LogP contribution in [0.3, 0.4) is 0 Å². The summed E-state index contributed by atoms with van der Waals surface area (Å²) in [7, 11) is 0. The zero-order valence-corrected chi connectivity index (χ0v) is 18.7. The first-order chi connectivity index (χ1) is 16.1. The van der Waals surface area contributed by atoms with Crippen molar-refractivity contribution in [1.82, 2.24) is 24.5 Å². The van der Waals surface area contributed by atoms with E-state index in [-0.39, 0.29) is 24.1 Å². The topological polar surface area (TPSA) is 81.3 Å². The molecule has 168 valence electrons. The van der Waals surface area contributed by atoms with Gasteiger partial charge in [-0.25, -0.2) is 0 Å². The molecule has 7 nitrogen and oxygen atoms in total. The number of fused-ring (bicyclic) bond motifs is 2. The van der Waals surface area contributed by atoms with Gasteiger partial charge in [0.05, 0.1) is 0 Å². The molecule has 0 saturated carbocycles. The maximum atomic E-state index is 13.0. The van der Waals surface area contributed by atoms with Crippen LogP contribution in [0.5, 0.6) is 0 Å². The largest absolute Gasteiger partial charge is 0.352 e. The molecule has 1 amide bonds. The second-order valence-corrected chi connectivity index (χ2v) is 8.68. The van der Waals surface area contributed by atoms with Crippen LogP contribution in [0.15, 0.2) is 65.5 Å². The minimum absolute atomic E-state index is 0.0407. The van der Waals surface area contributed by atoms with Gasteiger partial charge in [0, 0.05) is 22.9 Å². The number of carbonyl (C=O) groups excluding carboxylic acids is 1. The van der Waals surface area contributed by atoms with Gasteiger partial charge in [0.25, 0.3) is 5.56 Å². The van der Waals surface area contributed by atoms with Gasteiger partial charge in [-0.1, -0.05) is 60.7 Å². The highest BCUT2D eigenvalue weighted by atomic mass is 16.2. The quantitative estimate of drug-likeness (QED) is 0.478. The number of benzene rings is 2.